The van der Waals surface area contributed by atoms with Gasteiger partial charge in [-0.3, -0.25) is 0 Å². The number of rotatable bonds is 16. The molecule has 22 heavy (non-hydrogen) atoms. The molecule has 0 saturated heterocycles. The van der Waals surface area contributed by atoms with Crippen LogP contribution in [-0.2, 0) is 23.1 Å². The Labute approximate surface area is 134 Å². The minimum Gasteiger partial charge on any atom is -0.382 e. The second-order valence-electron chi connectivity index (χ2n) is 5.01. The molecule has 0 aliphatic carbocycles. The average Bonchev–Trinajstić information content (AvgIpc) is 2.51. The normalized spacial score (nSPS) is 14.8. The predicted octanol–water partition coefficient (Wildman–Crippen LogP) is 1.96. The van der Waals surface area contributed by atoms with Crippen molar-refractivity contribution < 1.29 is 23.1 Å². The van der Waals surface area contributed by atoms with Gasteiger partial charge < -0.3 is 20.9 Å². The highest BCUT2D eigenvalue weighted by Crippen LogP contribution is 2.24. The van der Waals surface area contributed by atoms with Crippen molar-refractivity contribution in [2.75, 3.05) is 39.6 Å². The third kappa shape index (κ3) is 14.8. The Bertz CT molecular complexity index is 248. The van der Waals surface area contributed by atoms with E-state index in [4.69, 9.17) is 30.0 Å². The smallest absolute Gasteiger partial charge is 0.382 e. The van der Waals surface area contributed by atoms with Gasteiger partial charge in [0.2, 0.25) is 0 Å². The van der Waals surface area contributed by atoms with Gasteiger partial charge in [-0.15, -0.1) is 9.05 Å². The fraction of sp³-hybridized carbons (Fsp3) is 1.00. The standard InChI is InChI=1S/C14H32N2O5P/c1-3-18-9-5-7-13(15)11-20-22(17)21-12-14(16)8-6-10-19-4-2/h13-14H,3-12,15-16H2,1-2H3/q+1. The summed E-state index contributed by atoms with van der Waals surface area (Å²) in [7, 11) is -2.16. The molecule has 4 N–H and O–H groups in total. The first-order chi connectivity index (χ1) is 10.6. The summed E-state index contributed by atoms with van der Waals surface area (Å²) in [5.41, 5.74) is 11.7. The number of nitrogens with two attached hydrogens (primary N) is 2. The van der Waals surface area contributed by atoms with Gasteiger partial charge >= 0.3 is 8.25 Å². The van der Waals surface area contributed by atoms with E-state index < -0.39 is 8.25 Å². The summed E-state index contributed by atoms with van der Waals surface area (Å²) < 4.78 is 32.2. The minimum atomic E-state index is -2.16. The average molecular weight is 339 g/mol. The van der Waals surface area contributed by atoms with Crippen molar-refractivity contribution in [2.45, 2.75) is 51.6 Å². The molecular formula is C14H32N2O5P+. The number of ether oxygens (including phenoxy) is 2. The van der Waals surface area contributed by atoms with E-state index in [-0.39, 0.29) is 25.3 Å². The van der Waals surface area contributed by atoms with Gasteiger partial charge in [-0.2, -0.15) is 0 Å². The predicted molar refractivity (Wildman–Crippen MR) is 86.9 cm³/mol. The van der Waals surface area contributed by atoms with Crippen LogP contribution in [0.25, 0.3) is 0 Å². The first-order valence-electron chi connectivity index (χ1n) is 7.99. The Morgan fingerprint density at radius 2 is 1.27 bits per heavy atom. The molecule has 0 aromatic rings. The molecule has 0 saturated carbocycles. The molecule has 0 rings (SSSR count). The highest BCUT2D eigenvalue weighted by Gasteiger charge is 2.23. The lowest BCUT2D eigenvalue weighted by atomic mass is 10.2. The van der Waals surface area contributed by atoms with Gasteiger partial charge in [0, 0.05) is 43.1 Å². The van der Waals surface area contributed by atoms with Gasteiger partial charge in [0.1, 0.15) is 13.2 Å². The highest BCUT2D eigenvalue weighted by atomic mass is 31.1. The number of hydrogen-bond acceptors (Lipinski definition) is 7. The van der Waals surface area contributed by atoms with Crippen LogP contribution in [0, 0.1) is 0 Å². The zero-order valence-electron chi connectivity index (χ0n) is 13.9. The molecule has 0 bridgehead atoms. The van der Waals surface area contributed by atoms with Crippen LogP contribution >= 0.6 is 8.25 Å². The molecule has 0 fully saturated rings. The van der Waals surface area contributed by atoms with E-state index in [9.17, 15) is 4.57 Å². The van der Waals surface area contributed by atoms with Crippen molar-refractivity contribution in [3.63, 3.8) is 0 Å². The maximum atomic E-state index is 11.5. The minimum absolute atomic E-state index is 0.164. The fourth-order valence-electron chi connectivity index (χ4n) is 1.70. The topological polar surface area (TPSA) is 106 Å². The third-order valence-electron chi connectivity index (χ3n) is 2.92. The summed E-state index contributed by atoms with van der Waals surface area (Å²) in [4.78, 5) is 0. The molecule has 0 aliphatic heterocycles. The van der Waals surface area contributed by atoms with Crippen LogP contribution in [0.4, 0.5) is 0 Å². The first-order valence-corrected chi connectivity index (χ1v) is 9.09. The number of hydrogen-bond donors (Lipinski definition) is 2. The van der Waals surface area contributed by atoms with E-state index in [1.165, 1.54) is 0 Å². The van der Waals surface area contributed by atoms with Crippen molar-refractivity contribution in [1.82, 2.24) is 0 Å². The van der Waals surface area contributed by atoms with Gasteiger partial charge in [-0.05, 0) is 39.5 Å². The van der Waals surface area contributed by atoms with E-state index >= 15 is 0 Å². The summed E-state index contributed by atoms with van der Waals surface area (Å²) in [5, 5.41) is 0. The summed E-state index contributed by atoms with van der Waals surface area (Å²) in [6.07, 6.45) is 3.25. The quantitative estimate of drug-likeness (QED) is 0.327. The van der Waals surface area contributed by atoms with Crippen molar-refractivity contribution in [2.24, 2.45) is 11.5 Å². The lowest BCUT2D eigenvalue weighted by Gasteiger charge is -2.08. The van der Waals surface area contributed by atoms with E-state index in [1.807, 2.05) is 13.8 Å². The van der Waals surface area contributed by atoms with Crippen molar-refractivity contribution in [3.8, 4) is 0 Å². The molecule has 0 aliphatic rings. The maximum absolute atomic E-state index is 11.5. The zero-order chi connectivity index (χ0) is 16.6. The van der Waals surface area contributed by atoms with Gasteiger partial charge in [-0.25, -0.2) is 0 Å². The fourth-order valence-corrected chi connectivity index (χ4v) is 2.40. The van der Waals surface area contributed by atoms with Gasteiger partial charge in [0.25, 0.3) is 0 Å². The molecule has 8 heteroatoms. The van der Waals surface area contributed by atoms with Crippen molar-refractivity contribution in [3.05, 3.63) is 0 Å². The van der Waals surface area contributed by atoms with Crippen LogP contribution in [-0.4, -0.2) is 51.7 Å². The molecule has 7 nitrogen and oxygen atoms in total. The Kier molecular flexibility index (Phi) is 15.6. The Morgan fingerprint density at radius 1 is 0.864 bits per heavy atom. The second-order valence-corrected chi connectivity index (χ2v) is 5.98. The highest BCUT2D eigenvalue weighted by molar-refractivity contribution is 7.33. The lowest BCUT2D eigenvalue weighted by Crippen LogP contribution is -2.27. The van der Waals surface area contributed by atoms with E-state index in [0.717, 1.165) is 25.7 Å². The maximum Gasteiger partial charge on any atom is 0.697 e. The largest absolute Gasteiger partial charge is 0.697 e. The van der Waals surface area contributed by atoms with Crippen LogP contribution in [0.2, 0.25) is 0 Å². The molecule has 132 valence electrons. The van der Waals surface area contributed by atoms with Crippen LogP contribution in [0.5, 0.6) is 0 Å². The molecule has 0 aromatic carbocycles. The van der Waals surface area contributed by atoms with Crippen LogP contribution in [0.3, 0.4) is 0 Å². The van der Waals surface area contributed by atoms with Gasteiger partial charge in [0.05, 0.1) is 0 Å². The summed E-state index contributed by atoms with van der Waals surface area (Å²) >= 11 is 0. The Hall–Kier alpha value is -0.140. The molecule has 0 aromatic heterocycles. The molecule has 2 atom stereocenters. The Morgan fingerprint density at radius 3 is 1.64 bits per heavy atom. The summed E-state index contributed by atoms with van der Waals surface area (Å²) in [6, 6.07) is -0.328. The van der Waals surface area contributed by atoms with E-state index in [2.05, 4.69) is 0 Å². The lowest BCUT2D eigenvalue weighted by molar-refractivity contribution is 0.136. The molecule has 2 unspecified atom stereocenters. The van der Waals surface area contributed by atoms with Crippen molar-refractivity contribution in [1.29, 1.82) is 0 Å². The van der Waals surface area contributed by atoms with Crippen LogP contribution in [0.1, 0.15) is 39.5 Å². The SMILES string of the molecule is CCOCCCC(N)CO[P+](=O)OCC(N)CCCOCC. The van der Waals surface area contributed by atoms with Crippen LogP contribution in [0.15, 0.2) is 0 Å². The molecule has 0 amide bonds. The van der Waals surface area contributed by atoms with Gasteiger partial charge in [0.15, 0.2) is 0 Å². The molecular weight excluding hydrogens is 307 g/mol. The van der Waals surface area contributed by atoms with E-state index in [1.54, 1.807) is 0 Å². The molecule has 0 heterocycles. The van der Waals surface area contributed by atoms with E-state index in [0.29, 0.717) is 26.4 Å². The molecule has 0 spiro atoms. The molecule has 0 radical (unpaired) electrons. The third-order valence-corrected chi connectivity index (χ3v) is 3.64. The van der Waals surface area contributed by atoms with Crippen molar-refractivity contribution >= 4 is 8.25 Å². The summed E-state index contributed by atoms with van der Waals surface area (Å²) in [5.74, 6) is 0. The van der Waals surface area contributed by atoms with Gasteiger partial charge in [-0.1, -0.05) is 0 Å². The second kappa shape index (κ2) is 15.7. The first kappa shape index (κ1) is 21.9. The van der Waals surface area contributed by atoms with Crippen LogP contribution < -0.4 is 11.5 Å². The monoisotopic (exact) mass is 339 g/mol. The Balaban J connectivity index is 3.51. The summed E-state index contributed by atoms with van der Waals surface area (Å²) in [6.45, 7) is 7.10. The zero-order valence-corrected chi connectivity index (χ0v) is 14.8.